The van der Waals surface area contributed by atoms with Gasteiger partial charge in [-0.3, -0.25) is 4.79 Å². The minimum Gasteiger partial charge on any atom is -0.444 e. The third-order valence-electron chi connectivity index (χ3n) is 4.09. The van der Waals surface area contributed by atoms with Crippen LogP contribution in [0.15, 0.2) is 0 Å². The van der Waals surface area contributed by atoms with E-state index in [0.717, 1.165) is 25.7 Å². The molecule has 0 radical (unpaired) electrons. The number of nitrogens with zero attached hydrogens (tertiary/aromatic N) is 1. The summed E-state index contributed by atoms with van der Waals surface area (Å²) in [5.74, 6) is 0.227. The summed E-state index contributed by atoms with van der Waals surface area (Å²) in [6.07, 6.45) is 3.42. The third-order valence-corrected chi connectivity index (χ3v) is 4.09. The van der Waals surface area contributed by atoms with Crippen molar-refractivity contribution >= 4 is 12.0 Å². The number of hydrogen-bond donors (Lipinski definition) is 1. The Morgan fingerprint density at radius 3 is 2.50 bits per heavy atom. The lowest BCUT2D eigenvalue weighted by Crippen LogP contribution is -2.55. The van der Waals surface area contributed by atoms with Crippen molar-refractivity contribution in [1.29, 1.82) is 0 Å². The van der Waals surface area contributed by atoms with E-state index in [1.54, 1.807) is 0 Å². The predicted molar refractivity (Wildman–Crippen MR) is 82.5 cm³/mol. The van der Waals surface area contributed by atoms with Crippen molar-refractivity contribution in [1.82, 2.24) is 10.2 Å². The summed E-state index contributed by atoms with van der Waals surface area (Å²) in [6, 6.07) is -0.471. The lowest BCUT2D eigenvalue weighted by atomic mass is 9.79. The van der Waals surface area contributed by atoms with E-state index in [-0.39, 0.29) is 11.8 Å². The number of carbonyl (C=O) groups is 2. The first-order valence-corrected chi connectivity index (χ1v) is 8.23. The molecular weight excluding hydrogens is 284 g/mol. The van der Waals surface area contributed by atoms with Crippen LogP contribution in [0, 0.1) is 5.92 Å². The maximum atomic E-state index is 12.8. The smallest absolute Gasteiger partial charge is 0.408 e. The Labute approximate surface area is 132 Å². The molecule has 126 valence electrons. The van der Waals surface area contributed by atoms with Gasteiger partial charge < -0.3 is 19.7 Å². The lowest BCUT2D eigenvalue weighted by molar-refractivity contribution is -0.135. The molecule has 6 heteroatoms. The molecule has 1 aliphatic heterocycles. The van der Waals surface area contributed by atoms with Crippen LogP contribution in [0.25, 0.3) is 0 Å². The Bertz CT molecular complexity index is 393. The molecule has 1 aliphatic carbocycles. The molecule has 2 rings (SSSR count). The van der Waals surface area contributed by atoms with E-state index in [0.29, 0.717) is 26.3 Å². The van der Waals surface area contributed by atoms with Gasteiger partial charge >= 0.3 is 6.09 Å². The van der Waals surface area contributed by atoms with E-state index in [2.05, 4.69) is 5.32 Å². The molecule has 22 heavy (non-hydrogen) atoms. The van der Waals surface area contributed by atoms with Crippen LogP contribution in [-0.2, 0) is 14.3 Å². The van der Waals surface area contributed by atoms with Crippen LogP contribution < -0.4 is 5.32 Å². The van der Waals surface area contributed by atoms with E-state index < -0.39 is 17.7 Å². The first-order chi connectivity index (χ1) is 10.4. The van der Waals surface area contributed by atoms with Gasteiger partial charge in [-0.15, -0.1) is 0 Å². The molecule has 0 aromatic heterocycles. The Hall–Kier alpha value is -1.30. The average Bonchev–Trinajstić information content (AvgIpc) is 2.61. The fraction of sp³-hybridized carbons (Fsp3) is 0.875. The van der Waals surface area contributed by atoms with Crippen molar-refractivity contribution in [2.75, 3.05) is 26.3 Å². The first-order valence-electron chi connectivity index (χ1n) is 8.23. The standard InChI is InChI=1S/C16H28N2O4/c1-16(2,3)22-15(20)17-13(12-6-4-7-12)14(19)18-8-5-10-21-11-9-18/h12-13H,4-11H2,1-3H3,(H,17,20)/t13-/m0/s1. The van der Waals surface area contributed by atoms with Crippen molar-refractivity contribution in [3.05, 3.63) is 0 Å². The van der Waals surface area contributed by atoms with E-state index in [9.17, 15) is 9.59 Å². The number of alkyl carbamates (subject to hydrolysis) is 1. The van der Waals surface area contributed by atoms with Crippen LogP contribution in [0.1, 0.15) is 46.5 Å². The van der Waals surface area contributed by atoms with E-state index in [1.807, 2.05) is 25.7 Å². The third kappa shape index (κ3) is 4.87. The summed E-state index contributed by atoms with van der Waals surface area (Å²) < 4.78 is 10.7. The van der Waals surface area contributed by atoms with Crippen molar-refractivity contribution in [2.45, 2.75) is 58.1 Å². The molecule has 2 aliphatic rings. The van der Waals surface area contributed by atoms with E-state index in [1.165, 1.54) is 0 Å². The molecule has 1 saturated heterocycles. The van der Waals surface area contributed by atoms with E-state index in [4.69, 9.17) is 9.47 Å². The Kier molecular flexibility index (Phi) is 5.67. The molecule has 0 bridgehead atoms. The highest BCUT2D eigenvalue weighted by Gasteiger charge is 2.37. The van der Waals surface area contributed by atoms with Crippen molar-refractivity contribution < 1.29 is 19.1 Å². The fourth-order valence-electron chi connectivity index (χ4n) is 2.75. The second-order valence-corrected chi connectivity index (χ2v) is 7.11. The second kappa shape index (κ2) is 7.31. The Morgan fingerprint density at radius 1 is 1.18 bits per heavy atom. The number of nitrogens with one attached hydrogen (secondary N) is 1. The molecule has 1 saturated carbocycles. The monoisotopic (exact) mass is 312 g/mol. The molecule has 0 aromatic carbocycles. The van der Waals surface area contributed by atoms with Gasteiger partial charge in [-0.05, 0) is 46.0 Å². The van der Waals surface area contributed by atoms with Crippen LogP contribution in [0.3, 0.4) is 0 Å². The average molecular weight is 312 g/mol. The predicted octanol–water partition coefficient (Wildman–Crippen LogP) is 1.93. The molecule has 0 unspecified atom stereocenters. The van der Waals surface area contributed by atoms with Gasteiger partial charge in [-0.2, -0.15) is 0 Å². The maximum absolute atomic E-state index is 12.8. The number of carbonyl (C=O) groups excluding carboxylic acids is 2. The quantitative estimate of drug-likeness (QED) is 0.864. The van der Waals surface area contributed by atoms with Gasteiger partial charge in [0.1, 0.15) is 11.6 Å². The summed E-state index contributed by atoms with van der Waals surface area (Å²) in [7, 11) is 0. The zero-order chi connectivity index (χ0) is 16.2. The van der Waals surface area contributed by atoms with Crippen LogP contribution in [0.2, 0.25) is 0 Å². The van der Waals surface area contributed by atoms with Crippen LogP contribution >= 0.6 is 0 Å². The molecule has 0 aromatic rings. The SMILES string of the molecule is CC(C)(C)OC(=O)N[C@H](C(=O)N1CCCOCC1)C1CCC1. The molecule has 1 N–H and O–H groups in total. The highest BCUT2D eigenvalue weighted by Crippen LogP contribution is 2.30. The van der Waals surface area contributed by atoms with Crippen molar-refractivity contribution in [2.24, 2.45) is 5.92 Å². The van der Waals surface area contributed by atoms with Gasteiger partial charge in [-0.25, -0.2) is 4.79 Å². The highest BCUT2D eigenvalue weighted by atomic mass is 16.6. The van der Waals surface area contributed by atoms with Gasteiger partial charge in [0.15, 0.2) is 0 Å². The Morgan fingerprint density at radius 2 is 1.91 bits per heavy atom. The Balaban J connectivity index is 1.98. The minimum absolute atomic E-state index is 0.000981. The summed E-state index contributed by atoms with van der Waals surface area (Å²) in [5, 5.41) is 2.80. The normalized spacial score (nSPS) is 21.5. The lowest BCUT2D eigenvalue weighted by Gasteiger charge is -2.36. The van der Waals surface area contributed by atoms with Crippen molar-refractivity contribution in [3.8, 4) is 0 Å². The highest BCUT2D eigenvalue weighted by molar-refractivity contribution is 5.86. The number of rotatable bonds is 3. The maximum Gasteiger partial charge on any atom is 0.408 e. The van der Waals surface area contributed by atoms with Gasteiger partial charge in [0, 0.05) is 19.7 Å². The summed E-state index contributed by atoms with van der Waals surface area (Å²) in [4.78, 5) is 26.6. The van der Waals surface area contributed by atoms with Gasteiger partial charge in [-0.1, -0.05) is 6.42 Å². The molecular formula is C16H28N2O4. The molecule has 1 heterocycles. The summed E-state index contributed by atoms with van der Waals surface area (Å²) in [6.45, 7) is 8.00. The number of amides is 2. The molecule has 2 amide bonds. The van der Waals surface area contributed by atoms with Crippen LogP contribution in [0.5, 0.6) is 0 Å². The second-order valence-electron chi connectivity index (χ2n) is 7.11. The minimum atomic E-state index is -0.562. The number of ether oxygens (including phenoxy) is 2. The van der Waals surface area contributed by atoms with Crippen LogP contribution in [0.4, 0.5) is 4.79 Å². The zero-order valence-corrected chi connectivity index (χ0v) is 13.9. The van der Waals surface area contributed by atoms with Gasteiger partial charge in [0.05, 0.1) is 6.61 Å². The molecule has 0 spiro atoms. The first kappa shape index (κ1) is 17.1. The van der Waals surface area contributed by atoms with Crippen molar-refractivity contribution in [3.63, 3.8) is 0 Å². The van der Waals surface area contributed by atoms with Gasteiger partial charge in [0.2, 0.25) is 5.91 Å². The topological polar surface area (TPSA) is 67.9 Å². The van der Waals surface area contributed by atoms with E-state index >= 15 is 0 Å². The molecule has 1 atom stereocenters. The van der Waals surface area contributed by atoms with Gasteiger partial charge in [0.25, 0.3) is 0 Å². The number of hydrogen-bond acceptors (Lipinski definition) is 4. The van der Waals surface area contributed by atoms with Crippen LogP contribution in [-0.4, -0.2) is 54.8 Å². The summed E-state index contributed by atoms with van der Waals surface area (Å²) >= 11 is 0. The molecule has 6 nitrogen and oxygen atoms in total. The zero-order valence-electron chi connectivity index (χ0n) is 13.9. The fourth-order valence-corrected chi connectivity index (χ4v) is 2.75. The largest absolute Gasteiger partial charge is 0.444 e. The molecule has 2 fully saturated rings. The summed E-state index contributed by atoms with van der Waals surface area (Å²) in [5.41, 5.74) is -0.562.